The van der Waals surface area contributed by atoms with E-state index >= 15 is 0 Å². The summed E-state index contributed by atoms with van der Waals surface area (Å²) in [4.78, 5) is 22.6. The van der Waals surface area contributed by atoms with Gasteiger partial charge < -0.3 is 14.8 Å². The van der Waals surface area contributed by atoms with E-state index < -0.39 is 12.1 Å². The number of esters is 1. The average Bonchev–Trinajstić information content (AvgIpc) is 2.40. The zero-order valence-corrected chi connectivity index (χ0v) is 14.0. The van der Waals surface area contributed by atoms with Crippen LogP contribution in [0.15, 0.2) is 12.2 Å². The van der Waals surface area contributed by atoms with Crippen LogP contribution in [0.2, 0.25) is 0 Å². The van der Waals surface area contributed by atoms with E-state index in [9.17, 15) is 9.59 Å². The topological polar surface area (TPSA) is 64.6 Å². The lowest BCUT2D eigenvalue weighted by molar-refractivity contribution is -0.139. The number of alkyl carbamates (subject to hydrolysis) is 1. The SMILES string of the molecule is C=C(C)C(=O)OCCOC(=O)NCC(C)CC(C)(C)CC. The van der Waals surface area contributed by atoms with Gasteiger partial charge >= 0.3 is 12.1 Å². The number of rotatable bonds is 9. The Kier molecular flexibility index (Phi) is 8.74. The third-order valence-electron chi connectivity index (χ3n) is 3.35. The number of hydrogen-bond acceptors (Lipinski definition) is 4. The van der Waals surface area contributed by atoms with Gasteiger partial charge in [0.05, 0.1) is 0 Å². The van der Waals surface area contributed by atoms with Gasteiger partial charge in [-0.05, 0) is 24.7 Å². The molecule has 122 valence electrons. The van der Waals surface area contributed by atoms with Crippen molar-refractivity contribution in [2.75, 3.05) is 19.8 Å². The lowest BCUT2D eigenvalue weighted by atomic mass is 9.81. The molecule has 1 atom stereocenters. The van der Waals surface area contributed by atoms with Gasteiger partial charge in [-0.2, -0.15) is 0 Å². The van der Waals surface area contributed by atoms with E-state index in [1.807, 2.05) is 0 Å². The van der Waals surface area contributed by atoms with Crippen LogP contribution >= 0.6 is 0 Å². The van der Waals surface area contributed by atoms with E-state index in [1.54, 1.807) is 6.92 Å². The standard InChI is InChI=1S/C16H29NO4/c1-7-16(5,6)10-13(4)11-17-15(19)21-9-8-20-14(18)12(2)3/h13H,2,7-11H2,1,3-6H3,(H,17,19). The van der Waals surface area contributed by atoms with Crippen LogP contribution < -0.4 is 5.32 Å². The summed E-state index contributed by atoms with van der Waals surface area (Å²) in [6, 6.07) is 0. The maximum atomic E-state index is 11.5. The second-order valence-electron chi connectivity index (χ2n) is 6.26. The van der Waals surface area contributed by atoms with Crippen LogP contribution in [-0.4, -0.2) is 31.8 Å². The minimum atomic E-state index is -0.484. The van der Waals surface area contributed by atoms with Crippen LogP contribution in [0, 0.1) is 11.3 Å². The Bertz CT molecular complexity index is 363. The number of amides is 1. The Hall–Kier alpha value is -1.52. The van der Waals surface area contributed by atoms with E-state index in [2.05, 4.69) is 39.6 Å². The van der Waals surface area contributed by atoms with Crippen molar-refractivity contribution in [3.8, 4) is 0 Å². The summed E-state index contributed by atoms with van der Waals surface area (Å²) < 4.78 is 9.74. The quantitative estimate of drug-likeness (QED) is 0.403. The highest BCUT2D eigenvalue weighted by molar-refractivity contribution is 5.86. The molecule has 0 saturated carbocycles. The monoisotopic (exact) mass is 299 g/mol. The van der Waals surface area contributed by atoms with Crippen molar-refractivity contribution in [1.29, 1.82) is 0 Å². The molecule has 0 radical (unpaired) electrons. The Morgan fingerprint density at radius 1 is 1.24 bits per heavy atom. The molecule has 0 aromatic rings. The predicted molar refractivity (Wildman–Crippen MR) is 83.0 cm³/mol. The van der Waals surface area contributed by atoms with Crippen LogP contribution in [-0.2, 0) is 14.3 Å². The van der Waals surface area contributed by atoms with Crippen LogP contribution in [0.3, 0.4) is 0 Å². The molecule has 1 amide bonds. The lowest BCUT2D eigenvalue weighted by Crippen LogP contribution is -2.31. The molecule has 5 heteroatoms. The largest absolute Gasteiger partial charge is 0.459 e. The number of hydrogen-bond donors (Lipinski definition) is 1. The van der Waals surface area contributed by atoms with Gasteiger partial charge in [-0.1, -0.05) is 40.7 Å². The van der Waals surface area contributed by atoms with Gasteiger partial charge in [0.15, 0.2) is 0 Å². The van der Waals surface area contributed by atoms with Gasteiger partial charge in [-0.25, -0.2) is 9.59 Å². The van der Waals surface area contributed by atoms with Crippen molar-refractivity contribution in [2.24, 2.45) is 11.3 Å². The highest BCUT2D eigenvalue weighted by Gasteiger charge is 2.19. The van der Waals surface area contributed by atoms with Gasteiger partial charge in [-0.3, -0.25) is 0 Å². The highest BCUT2D eigenvalue weighted by atomic mass is 16.6. The molecule has 0 spiro atoms. The maximum absolute atomic E-state index is 11.5. The Labute approximate surface area is 128 Å². The van der Waals surface area contributed by atoms with E-state index in [0.717, 1.165) is 12.8 Å². The first-order valence-corrected chi connectivity index (χ1v) is 7.41. The van der Waals surface area contributed by atoms with Crippen LogP contribution in [0.25, 0.3) is 0 Å². The summed E-state index contributed by atoms with van der Waals surface area (Å²) in [5.74, 6) is -0.0943. The van der Waals surface area contributed by atoms with Crippen molar-refractivity contribution >= 4 is 12.1 Å². The summed E-state index contributed by atoms with van der Waals surface area (Å²) in [6.45, 7) is 14.4. The van der Waals surface area contributed by atoms with Gasteiger partial charge in [0.25, 0.3) is 0 Å². The predicted octanol–water partition coefficient (Wildman–Crippen LogP) is 3.29. The van der Waals surface area contributed by atoms with Gasteiger partial charge in [0, 0.05) is 12.1 Å². The zero-order chi connectivity index (χ0) is 16.5. The van der Waals surface area contributed by atoms with Crippen molar-refractivity contribution in [3.05, 3.63) is 12.2 Å². The van der Waals surface area contributed by atoms with Gasteiger partial charge in [-0.15, -0.1) is 0 Å². The molecule has 5 nitrogen and oxygen atoms in total. The van der Waals surface area contributed by atoms with Crippen LogP contribution in [0.1, 0.15) is 47.5 Å². The Morgan fingerprint density at radius 3 is 2.33 bits per heavy atom. The first-order valence-electron chi connectivity index (χ1n) is 7.41. The molecular formula is C16H29NO4. The molecule has 0 aromatic heterocycles. The van der Waals surface area contributed by atoms with Crippen molar-refractivity contribution < 1.29 is 19.1 Å². The minimum absolute atomic E-state index is 0.0392. The fourth-order valence-corrected chi connectivity index (χ4v) is 1.86. The lowest BCUT2D eigenvalue weighted by Gasteiger charge is -2.26. The second-order valence-corrected chi connectivity index (χ2v) is 6.26. The maximum Gasteiger partial charge on any atom is 0.407 e. The minimum Gasteiger partial charge on any atom is -0.459 e. The Balaban J connectivity index is 3.76. The fourth-order valence-electron chi connectivity index (χ4n) is 1.86. The van der Waals surface area contributed by atoms with Crippen molar-refractivity contribution in [2.45, 2.75) is 47.5 Å². The fraction of sp³-hybridized carbons (Fsp3) is 0.750. The van der Waals surface area contributed by atoms with E-state index in [4.69, 9.17) is 9.47 Å². The molecule has 21 heavy (non-hydrogen) atoms. The molecule has 0 rings (SSSR count). The molecule has 0 fully saturated rings. The molecular weight excluding hydrogens is 270 g/mol. The smallest absolute Gasteiger partial charge is 0.407 e. The van der Waals surface area contributed by atoms with E-state index in [-0.39, 0.29) is 18.6 Å². The van der Waals surface area contributed by atoms with Crippen molar-refractivity contribution in [1.82, 2.24) is 5.32 Å². The summed E-state index contributed by atoms with van der Waals surface area (Å²) in [7, 11) is 0. The van der Waals surface area contributed by atoms with E-state index in [0.29, 0.717) is 18.0 Å². The molecule has 0 aliphatic heterocycles. The molecule has 1 N–H and O–H groups in total. The number of carbonyl (C=O) groups is 2. The summed E-state index contributed by atoms with van der Waals surface area (Å²) >= 11 is 0. The number of carbonyl (C=O) groups excluding carboxylic acids is 2. The molecule has 0 aliphatic carbocycles. The van der Waals surface area contributed by atoms with Gasteiger partial charge in [0.1, 0.15) is 13.2 Å². The first kappa shape index (κ1) is 19.5. The zero-order valence-electron chi connectivity index (χ0n) is 14.0. The summed E-state index contributed by atoms with van der Waals surface area (Å²) in [5.41, 5.74) is 0.605. The third-order valence-corrected chi connectivity index (χ3v) is 3.35. The van der Waals surface area contributed by atoms with Crippen molar-refractivity contribution in [3.63, 3.8) is 0 Å². The molecule has 0 aliphatic rings. The van der Waals surface area contributed by atoms with Crippen LogP contribution in [0.4, 0.5) is 4.79 Å². The van der Waals surface area contributed by atoms with E-state index in [1.165, 1.54) is 0 Å². The normalized spacial score (nSPS) is 12.4. The molecule has 0 heterocycles. The summed E-state index contributed by atoms with van der Waals surface area (Å²) in [5, 5.41) is 2.72. The third kappa shape index (κ3) is 9.93. The molecule has 0 saturated heterocycles. The Morgan fingerprint density at radius 2 is 1.81 bits per heavy atom. The molecule has 0 aromatic carbocycles. The number of nitrogens with one attached hydrogen (secondary N) is 1. The summed E-state index contributed by atoms with van der Waals surface area (Å²) in [6.07, 6.45) is 1.66. The second kappa shape index (κ2) is 9.42. The molecule has 1 unspecified atom stereocenters. The highest BCUT2D eigenvalue weighted by Crippen LogP contribution is 2.28. The average molecular weight is 299 g/mol. The number of ether oxygens (including phenoxy) is 2. The van der Waals surface area contributed by atoms with Gasteiger partial charge in [0.2, 0.25) is 0 Å². The molecule has 0 bridgehead atoms. The van der Waals surface area contributed by atoms with Crippen LogP contribution in [0.5, 0.6) is 0 Å². The first-order chi connectivity index (χ1) is 9.68.